The third-order valence-electron chi connectivity index (χ3n) is 3.72. The Morgan fingerprint density at radius 2 is 0.929 bits per heavy atom. The van der Waals surface area contributed by atoms with Gasteiger partial charge in [-0.1, -0.05) is 0 Å². The van der Waals surface area contributed by atoms with Crippen LogP contribution in [0, 0.1) is 10.8 Å². The van der Waals surface area contributed by atoms with Gasteiger partial charge in [0, 0.05) is 0 Å². The summed E-state index contributed by atoms with van der Waals surface area (Å²) in [6, 6.07) is 0. The number of rotatable bonds is 0. The first-order valence-corrected chi connectivity index (χ1v) is 3.88. The minimum absolute atomic E-state index is 0.614. The van der Waals surface area contributed by atoms with Gasteiger partial charge in [-0.3, -0.25) is 0 Å². The lowest BCUT2D eigenvalue weighted by Gasteiger charge is -2.68. The predicted molar refractivity (Wildman–Crippen MR) is 35.4 cm³/mol. The van der Waals surface area contributed by atoms with Gasteiger partial charge in [-0.25, -0.2) is 8.78 Å². The van der Waals surface area contributed by atoms with Gasteiger partial charge in [0.2, 0.25) is 0 Å². The van der Waals surface area contributed by atoms with Crippen molar-refractivity contribution in [2.75, 3.05) is 0 Å². The summed E-state index contributed by atoms with van der Waals surface area (Å²) >= 11 is 0. The molecule has 80 valence electrons. The fourth-order valence-electron chi connectivity index (χ4n) is 2.28. The van der Waals surface area contributed by atoms with Crippen LogP contribution in [0.1, 0.15) is 13.8 Å². The Morgan fingerprint density at radius 1 is 0.714 bits per heavy atom. The molecule has 14 heavy (non-hydrogen) atoms. The Hall–Kier alpha value is -0.680. The normalized spacial score (nSPS) is 48.0. The largest absolute Gasteiger partial charge is 0.323 e. The van der Waals surface area contributed by atoms with E-state index < -0.39 is 34.3 Å². The van der Waals surface area contributed by atoms with Crippen molar-refractivity contribution in [3.8, 4) is 0 Å². The molecule has 2 aliphatic carbocycles. The minimum atomic E-state index is -4.52. The quantitative estimate of drug-likeness (QED) is 0.544. The fraction of sp³-hybridized carbons (Fsp3) is 0.750. The average Bonchev–Trinajstić information content (AvgIpc) is 2.11. The Bertz CT molecular complexity index is 323. The van der Waals surface area contributed by atoms with E-state index in [9.17, 15) is 26.3 Å². The number of alkyl halides is 4. The molecule has 0 amide bonds. The molecule has 2 atom stereocenters. The number of fused-ring (bicyclic) bond motifs is 1. The van der Waals surface area contributed by atoms with Gasteiger partial charge >= 0.3 is 11.8 Å². The van der Waals surface area contributed by atoms with Crippen LogP contribution in [-0.2, 0) is 0 Å². The van der Waals surface area contributed by atoms with E-state index >= 15 is 0 Å². The van der Waals surface area contributed by atoms with Crippen LogP contribution in [0.25, 0.3) is 0 Å². The molecule has 1 fully saturated rings. The summed E-state index contributed by atoms with van der Waals surface area (Å²) < 4.78 is 77.0. The minimum Gasteiger partial charge on any atom is -0.208 e. The zero-order valence-corrected chi connectivity index (χ0v) is 7.27. The smallest absolute Gasteiger partial charge is 0.208 e. The topological polar surface area (TPSA) is 0 Å². The molecular weight excluding hydrogens is 210 g/mol. The van der Waals surface area contributed by atoms with E-state index in [-0.39, 0.29) is 0 Å². The summed E-state index contributed by atoms with van der Waals surface area (Å²) in [5, 5.41) is 0. The van der Waals surface area contributed by atoms with Crippen molar-refractivity contribution >= 4 is 0 Å². The lowest BCUT2D eigenvalue weighted by Crippen LogP contribution is -2.83. The molecular formula is C8H6F6. The molecule has 0 saturated heterocycles. The third kappa shape index (κ3) is 0.458. The molecule has 0 aliphatic heterocycles. The zero-order valence-electron chi connectivity index (χ0n) is 7.27. The van der Waals surface area contributed by atoms with E-state index in [1.807, 2.05) is 0 Å². The number of halogens is 6. The van der Waals surface area contributed by atoms with Gasteiger partial charge in [0.1, 0.15) is 22.5 Å². The van der Waals surface area contributed by atoms with Gasteiger partial charge in [-0.15, -0.1) is 0 Å². The Balaban J connectivity index is 2.65. The summed E-state index contributed by atoms with van der Waals surface area (Å²) in [7, 11) is 0. The third-order valence-corrected chi connectivity index (χ3v) is 3.72. The molecule has 0 bridgehead atoms. The molecule has 0 nitrogen and oxygen atoms in total. The van der Waals surface area contributed by atoms with Crippen molar-refractivity contribution in [1.29, 1.82) is 0 Å². The fourth-order valence-corrected chi connectivity index (χ4v) is 2.28. The van der Waals surface area contributed by atoms with Crippen molar-refractivity contribution in [2.24, 2.45) is 10.8 Å². The molecule has 2 unspecified atom stereocenters. The van der Waals surface area contributed by atoms with E-state index in [2.05, 4.69) is 0 Å². The first kappa shape index (κ1) is 9.86. The second-order valence-corrected chi connectivity index (χ2v) is 4.03. The van der Waals surface area contributed by atoms with Crippen LogP contribution >= 0.6 is 0 Å². The summed E-state index contributed by atoms with van der Waals surface area (Å²) in [6.07, 6.45) is 0. The van der Waals surface area contributed by atoms with E-state index in [0.29, 0.717) is 13.8 Å². The molecule has 0 aromatic carbocycles. The van der Waals surface area contributed by atoms with Crippen LogP contribution in [-0.4, -0.2) is 11.8 Å². The average molecular weight is 216 g/mol. The summed E-state index contributed by atoms with van der Waals surface area (Å²) in [5.41, 5.74) is -5.37. The SMILES string of the molecule is CC12C(F)=C(F)C1(C)C(F)(F)C2(F)F. The van der Waals surface area contributed by atoms with Crippen LogP contribution in [0.4, 0.5) is 26.3 Å². The van der Waals surface area contributed by atoms with Crippen molar-refractivity contribution in [3.05, 3.63) is 11.7 Å². The molecule has 0 heterocycles. The number of allylic oxidation sites excluding steroid dienone is 2. The lowest BCUT2D eigenvalue weighted by molar-refractivity contribution is -0.435. The molecule has 2 aliphatic rings. The van der Waals surface area contributed by atoms with Crippen molar-refractivity contribution in [1.82, 2.24) is 0 Å². The van der Waals surface area contributed by atoms with E-state index in [1.165, 1.54) is 0 Å². The van der Waals surface area contributed by atoms with Crippen molar-refractivity contribution < 1.29 is 26.3 Å². The highest BCUT2D eigenvalue weighted by Crippen LogP contribution is 2.84. The van der Waals surface area contributed by atoms with Crippen LogP contribution in [0.2, 0.25) is 0 Å². The molecule has 0 aromatic heterocycles. The number of hydrogen-bond donors (Lipinski definition) is 0. The highest BCUT2D eigenvalue weighted by atomic mass is 19.3. The summed E-state index contributed by atoms with van der Waals surface area (Å²) in [4.78, 5) is 0. The Kier molecular flexibility index (Phi) is 1.29. The van der Waals surface area contributed by atoms with E-state index in [1.54, 1.807) is 0 Å². The van der Waals surface area contributed by atoms with Crippen LogP contribution in [0.3, 0.4) is 0 Å². The van der Waals surface area contributed by atoms with Gasteiger partial charge in [0.05, 0.1) is 0 Å². The monoisotopic (exact) mass is 216 g/mol. The van der Waals surface area contributed by atoms with E-state index in [0.717, 1.165) is 0 Å². The van der Waals surface area contributed by atoms with E-state index in [4.69, 9.17) is 0 Å². The van der Waals surface area contributed by atoms with Gasteiger partial charge in [-0.05, 0) is 13.8 Å². The van der Waals surface area contributed by atoms with Gasteiger partial charge in [0.25, 0.3) is 0 Å². The molecule has 0 spiro atoms. The van der Waals surface area contributed by atoms with Gasteiger partial charge < -0.3 is 0 Å². The molecule has 1 saturated carbocycles. The highest BCUT2D eigenvalue weighted by molar-refractivity contribution is 5.50. The van der Waals surface area contributed by atoms with Gasteiger partial charge in [-0.2, -0.15) is 17.6 Å². The molecule has 6 heteroatoms. The Labute approximate surface area is 75.6 Å². The second-order valence-electron chi connectivity index (χ2n) is 4.03. The maximum atomic E-state index is 12.9. The second kappa shape index (κ2) is 1.84. The number of hydrogen-bond acceptors (Lipinski definition) is 0. The van der Waals surface area contributed by atoms with Crippen molar-refractivity contribution in [2.45, 2.75) is 25.7 Å². The van der Waals surface area contributed by atoms with Crippen LogP contribution in [0.5, 0.6) is 0 Å². The predicted octanol–water partition coefficient (Wildman–Crippen LogP) is 3.45. The Morgan fingerprint density at radius 3 is 1.14 bits per heavy atom. The zero-order chi connectivity index (χ0) is 11.2. The lowest BCUT2D eigenvalue weighted by atomic mass is 9.38. The van der Waals surface area contributed by atoms with Crippen molar-refractivity contribution in [3.63, 3.8) is 0 Å². The van der Waals surface area contributed by atoms with Crippen LogP contribution in [0.15, 0.2) is 11.7 Å². The first-order valence-electron chi connectivity index (χ1n) is 3.88. The summed E-state index contributed by atoms with van der Waals surface area (Å²) in [6.45, 7) is 1.23. The molecule has 0 aromatic rings. The van der Waals surface area contributed by atoms with Crippen LogP contribution < -0.4 is 0 Å². The molecule has 0 radical (unpaired) electrons. The summed E-state index contributed by atoms with van der Waals surface area (Å²) in [5.74, 6) is -12.5. The molecule has 0 N–H and O–H groups in total. The maximum Gasteiger partial charge on any atom is 0.323 e. The first-order chi connectivity index (χ1) is 6.07. The maximum absolute atomic E-state index is 12.9. The molecule has 2 rings (SSSR count). The highest BCUT2D eigenvalue weighted by Gasteiger charge is 2.98. The van der Waals surface area contributed by atoms with Gasteiger partial charge in [0.15, 0.2) is 0 Å². The standard InChI is InChI=1S/C8H6F6/c1-5-3(9)4(10)6(5,2)8(13,14)7(5,11)12/h1-2H3.